The van der Waals surface area contributed by atoms with Gasteiger partial charge < -0.3 is 15.8 Å². The van der Waals surface area contributed by atoms with Crippen LogP contribution in [0.1, 0.15) is 5.56 Å². The van der Waals surface area contributed by atoms with E-state index in [2.05, 4.69) is 21.1 Å². The summed E-state index contributed by atoms with van der Waals surface area (Å²) in [5.74, 6) is -1.02. The van der Waals surface area contributed by atoms with Crippen LogP contribution in [0.25, 0.3) is 0 Å². The molecule has 8 heteroatoms. The summed E-state index contributed by atoms with van der Waals surface area (Å²) in [6.07, 6.45) is -2.57. The van der Waals surface area contributed by atoms with E-state index < -0.39 is 18.8 Å². The van der Waals surface area contributed by atoms with Gasteiger partial charge in [0, 0.05) is 12.6 Å². The minimum absolute atomic E-state index is 0.00309. The van der Waals surface area contributed by atoms with Crippen LogP contribution in [0.5, 0.6) is 0 Å². The summed E-state index contributed by atoms with van der Waals surface area (Å²) < 4.78 is 38.3. The maximum absolute atomic E-state index is 13.9. The Bertz CT molecular complexity index is 468. The Morgan fingerprint density at radius 2 is 2.17 bits per heavy atom. The zero-order chi connectivity index (χ0) is 13.9. The molecule has 0 aliphatic heterocycles. The number of hydrogen-bond donors (Lipinski definition) is 2. The molecule has 4 nitrogen and oxygen atoms in total. The van der Waals surface area contributed by atoms with Gasteiger partial charge in [0.05, 0.1) is 16.7 Å². The number of amidine groups is 1. The molecule has 0 aliphatic carbocycles. The van der Waals surface area contributed by atoms with Gasteiger partial charge in [0.2, 0.25) is 0 Å². The number of benzene rings is 1. The molecule has 1 aromatic carbocycles. The van der Waals surface area contributed by atoms with E-state index >= 15 is 0 Å². The number of halogens is 4. The van der Waals surface area contributed by atoms with Gasteiger partial charge in [-0.3, -0.25) is 0 Å². The largest absolute Gasteiger partial charge is 0.409 e. The minimum Gasteiger partial charge on any atom is -0.409 e. The Labute approximate surface area is 110 Å². The van der Waals surface area contributed by atoms with E-state index in [4.69, 9.17) is 10.9 Å². The van der Waals surface area contributed by atoms with Crippen LogP contribution >= 0.6 is 15.9 Å². The molecule has 0 heterocycles. The molecule has 0 spiro atoms. The molecule has 18 heavy (non-hydrogen) atoms. The fourth-order valence-corrected chi connectivity index (χ4v) is 1.93. The predicted octanol–water partition coefficient (Wildman–Crippen LogP) is 2.38. The molecule has 0 amide bonds. The first kappa shape index (κ1) is 14.6. The van der Waals surface area contributed by atoms with Gasteiger partial charge in [-0.15, -0.1) is 0 Å². The van der Waals surface area contributed by atoms with Crippen molar-refractivity contribution in [3.63, 3.8) is 0 Å². The molecule has 0 fully saturated rings. The van der Waals surface area contributed by atoms with E-state index in [-0.39, 0.29) is 21.6 Å². The van der Waals surface area contributed by atoms with Crippen LogP contribution in [0.4, 0.5) is 18.9 Å². The van der Waals surface area contributed by atoms with Crippen LogP contribution in [0.2, 0.25) is 0 Å². The Hall–Kier alpha value is -1.44. The normalized spacial score (nSPS) is 12.0. The third kappa shape index (κ3) is 3.06. The molecule has 0 aliphatic rings. The van der Waals surface area contributed by atoms with E-state index in [0.29, 0.717) is 0 Å². The van der Waals surface area contributed by atoms with Crippen LogP contribution in [-0.4, -0.2) is 31.1 Å². The fourth-order valence-electron chi connectivity index (χ4n) is 1.39. The SMILES string of the molecule is CN(CC(F)F)c1ccc(/C(N)=N/O)c(Br)c1F. The first-order valence-electron chi connectivity index (χ1n) is 4.83. The first-order chi connectivity index (χ1) is 8.38. The zero-order valence-electron chi connectivity index (χ0n) is 9.37. The van der Waals surface area contributed by atoms with Gasteiger partial charge in [0.15, 0.2) is 11.7 Å². The summed E-state index contributed by atoms with van der Waals surface area (Å²) in [5, 5.41) is 11.3. The summed E-state index contributed by atoms with van der Waals surface area (Å²) in [7, 11) is 1.35. The van der Waals surface area contributed by atoms with Crippen LogP contribution in [-0.2, 0) is 0 Å². The van der Waals surface area contributed by atoms with Crippen LogP contribution in [0.15, 0.2) is 21.8 Å². The van der Waals surface area contributed by atoms with E-state index in [0.717, 1.165) is 4.90 Å². The van der Waals surface area contributed by atoms with Crippen molar-refractivity contribution in [2.75, 3.05) is 18.5 Å². The van der Waals surface area contributed by atoms with Crippen molar-refractivity contribution in [2.24, 2.45) is 10.9 Å². The lowest BCUT2D eigenvalue weighted by molar-refractivity contribution is 0.156. The maximum Gasteiger partial charge on any atom is 0.255 e. The Morgan fingerprint density at radius 1 is 1.56 bits per heavy atom. The van der Waals surface area contributed by atoms with Gasteiger partial charge in [-0.25, -0.2) is 13.2 Å². The molecule has 0 bridgehead atoms. The number of nitrogens with zero attached hydrogens (tertiary/aromatic N) is 2. The second kappa shape index (κ2) is 5.94. The number of nitrogens with two attached hydrogens (primary N) is 1. The molecule has 0 aromatic heterocycles. The number of oxime groups is 1. The van der Waals surface area contributed by atoms with Crippen molar-refractivity contribution in [2.45, 2.75) is 6.43 Å². The first-order valence-corrected chi connectivity index (χ1v) is 5.63. The van der Waals surface area contributed by atoms with Crippen molar-refractivity contribution >= 4 is 27.5 Å². The van der Waals surface area contributed by atoms with Crippen LogP contribution in [0.3, 0.4) is 0 Å². The lowest BCUT2D eigenvalue weighted by Crippen LogP contribution is -2.25. The molecule has 100 valence electrons. The third-order valence-electron chi connectivity index (χ3n) is 2.27. The zero-order valence-corrected chi connectivity index (χ0v) is 11.0. The van der Waals surface area contributed by atoms with Crippen molar-refractivity contribution in [1.82, 2.24) is 0 Å². The predicted molar refractivity (Wildman–Crippen MR) is 65.9 cm³/mol. The standard InChI is InChI=1S/C10H11BrF3N3O/c1-17(4-7(12)13)6-3-2-5(10(15)16-18)8(11)9(6)14/h2-3,7,18H,4H2,1H3,(H2,15,16). The van der Waals surface area contributed by atoms with Crippen molar-refractivity contribution < 1.29 is 18.4 Å². The average molecular weight is 326 g/mol. The Kier molecular flexibility index (Phi) is 4.83. The minimum atomic E-state index is -2.57. The topological polar surface area (TPSA) is 61.8 Å². The molecule has 1 rings (SSSR count). The van der Waals surface area contributed by atoms with Gasteiger partial charge >= 0.3 is 0 Å². The monoisotopic (exact) mass is 325 g/mol. The lowest BCUT2D eigenvalue weighted by Gasteiger charge is -2.20. The van der Waals surface area contributed by atoms with Gasteiger partial charge in [0.1, 0.15) is 0 Å². The quantitative estimate of drug-likeness (QED) is 0.387. The molecular formula is C10H11BrF3N3O. The number of alkyl halides is 2. The molecule has 1 aromatic rings. The van der Waals surface area contributed by atoms with Crippen LogP contribution < -0.4 is 10.6 Å². The number of rotatable bonds is 4. The summed E-state index contributed by atoms with van der Waals surface area (Å²) in [5.41, 5.74) is 5.48. The molecule has 0 saturated carbocycles. The highest BCUT2D eigenvalue weighted by atomic mass is 79.9. The van der Waals surface area contributed by atoms with E-state index in [1.54, 1.807) is 0 Å². The Balaban J connectivity index is 3.16. The number of anilines is 1. The summed E-state index contributed by atoms with van der Waals surface area (Å²) in [4.78, 5) is 1.08. The van der Waals surface area contributed by atoms with E-state index in [1.165, 1.54) is 19.2 Å². The number of hydrogen-bond acceptors (Lipinski definition) is 3. The summed E-state index contributed by atoms with van der Waals surface area (Å²) in [6.45, 7) is -0.591. The average Bonchev–Trinajstić information content (AvgIpc) is 2.30. The molecular weight excluding hydrogens is 315 g/mol. The second-order valence-corrected chi connectivity index (χ2v) is 4.31. The highest BCUT2D eigenvalue weighted by molar-refractivity contribution is 9.10. The van der Waals surface area contributed by atoms with Gasteiger partial charge in [-0.05, 0) is 28.1 Å². The van der Waals surface area contributed by atoms with Crippen molar-refractivity contribution in [3.8, 4) is 0 Å². The maximum atomic E-state index is 13.9. The smallest absolute Gasteiger partial charge is 0.255 e. The highest BCUT2D eigenvalue weighted by Gasteiger charge is 2.18. The van der Waals surface area contributed by atoms with Crippen LogP contribution in [0, 0.1) is 5.82 Å². The Morgan fingerprint density at radius 3 is 2.67 bits per heavy atom. The lowest BCUT2D eigenvalue weighted by atomic mass is 10.1. The van der Waals surface area contributed by atoms with E-state index in [1.807, 2.05) is 0 Å². The van der Waals surface area contributed by atoms with Gasteiger partial charge in [-0.2, -0.15) is 0 Å². The fraction of sp³-hybridized carbons (Fsp3) is 0.300. The molecule has 0 radical (unpaired) electrons. The molecule has 0 unspecified atom stereocenters. The van der Waals surface area contributed by atoms with Gasteiger partial charge in [0.25, 0.3) is 6.43 Å². The second-order valence-electron chi connectivity index (χ2n) is 3.52. The summed E-state index contributed by atoms with van der Waals surface area (Å²) in [6, 6.07) is 2.66. The molecule has 0 saturated heterocycles. The van der Waals surface area contributed by atoms with Crippen molar-refractivity contribution in [3.05, 3.63) is 28.0 Å². The van der Waals surface area contributed by atoms with E-state index in [9.17, 15) is 13.2 Å². The third-order valence-corrected chi connectivity index (χ3v) is 3.04. The van der Waals surface area contributed by atoms with Crippen molar-refractivity contribution in [1.29, 1.82) is 0 Å². The van der Waals surface area contributed by atoms with Gasteiger partial charge in [-0.1, -0.05) is 5.16 Å². The summed E-state index contributed by atoms with van der Waals surface area (Å²) >= 11 is 2.95. The molecule has 0 atom stereocenters. The molecule has 3 N–H and O–H groups in total. The highest BCUT2D eigenvalue weighted by Crippen LogP contribution is 2.29.